The molecule has 25 heavy (non-hydrogen) atoms. The molecule has 0 amide bonds. The smallest absolute Gasteiger partial charge is 0.195 e. The largest absolute Gasteiger partial charge is 0.451 e. The highest BCUT2D eigenvalue weighted by Crippen LogP contribution is 2.34. The van der Waals surface area contributed by atoms with Crippen molar-refractivity contribution in [1.29, 1.82) is 0 Å². The van der Waals surface area contributed by atoms with Crippen molar-refractivity contribution in [3.63, 3.8) is 0 Å². The number of hydrogen-bond acceptors (Lipinski definition) is 3. The van der Waals surface area contributed by atoms with Crippen LogP contribution < -0.4 is 0 Å². The van der Waals surface area contributed by atoms with Crippen LogP contribution in [0.15, 0.2) is 40.8 Å². The highest BCUT2D eigenvalue weighted by Gasteiger charge is 2.23. The van der Waals surface area contributed by atoms with E-state index in [1.807, 2.05) is 44.2 Å². The van der Waals surface area contributed by atoms with Crippen LogP contribution in [0.2, 0.25) is 5.02 Å². The first-order valence-corrected chi connectivity index (χ1v) is 8.85. The third-order valence-electron chi connectivity index (χ3n) is 3.77. The van der Waals surface area contributed by atoms with E-state index in [0.29, 0.717) is 21.9 Å². The molecular formula is C21H24ClNO2. The lowest BCUT2D eigenvalue weighted by molar-refractivity contribution is 0.0989. The summed E-state index contributed by atoms with van der Waals surface area (Å²) in [5, 5.41) is 0.688. The first-order valence-electron chi connectivity index (χ1n) is 8.47. The Balaban J connectivity index is 0.00000109. The minimum Gasteiger partial charge on any atom is -0.451 e. The normalized spacial score (nSPS) is 11.2. The molecule has 0 saturated heterocycles. The molecule has 0 spiro atoms. The van der Waals surface area contributed by atoms with E-state index in [0.717, 1.165) is 16.8 Å². The van der Waals surface area contributed by atoms with Crippen LogP contribution in [-0.2, 0) is 5.41 Å². The SMILES string of the molecule is CC.CC(=O)c1cc2nc(-c3ccc(Cl)cc3)cc(C(C)(C)C)c2o1. The lowest BCUT2D eigenvalue weighted by Crippen LogP contribution is -2.12. The van der Waals surface area contributed by atoms with Gasteiger partial charge in [0.2, 0.25) is 0 Å². The van der Waals surface area contributed by atoms with Crippen molar-refractivity contribution < 1.29 is 9.21 Å². The van der Waals surface area contributed by atoms with Gasteiger partial charge in [-0.05, 0) is 23.6 Å². The lowest BCUT2D eigenvalue weighted by atomic mass is 9.86. The standard InChI is InChI=1S/C19H18ClNO2.C2H6/c1-11(22)17-10-16-18(23-17)14(19(2,3)4)9-15(21-16)12-5-7-13(20)8-6-12;1-2/h5-10H,1-4H3;1-2H3. The summed E-state index contributed by atoms with van der Waals surface area (Å²) in [5.74, 6) is 0.238. The third-order valence-corrected chi connectivity index (χ3v) is 4.03. The van der Waals surface area contributed by atoms with Crippen LogP contribution >= 0.6 is 11.6 Å². The molecule has 2 aromatic heterocycles. The molecule has 0 aliphatic carbocycles. The van der Waals surface area contributed by atoms with Gasteiger partial charge in [-0.2, -0.15) is 0 Å². The minimum atomic E-state index is -0.131. The van der Waals surface area contributed by atoms with E-state index in [-0.39, 0.29) is 11.2 Å². The first-order chi connectivity index (χ1) is 11.8. The number of halogens is 1. The Hall–Kier alpha value is -2.13. The molecule has 0 unspecified atom stereocenters. The number of rotatable bonds is 2. The zero-order valence-corrected chi connectivity index (χ0v) is 16.4. The van der Waals surface area contributed by atoms with Gasteiger partial charge in [0, 0.05) is 29.1 Å². The second-order valence-electron chi connectivity index (χ2n) is 6.69. The van der Waals surface area contributed by atoms with Crippen molar-refractivity contribution in [2.24, 2.45) is 0 Å². The van der Waals surface area contributed by atoms with Gasteiger partial charge >= 0.3 is 0 Å². The van der Waals surface area contributed by atoms with Gasteiger partial charge in [0.25, 0.3) is 0 Å². The fourth-order valence-electron chi connectivity index (χ4n) is 2.52. The number of carbonyl (C=O) groups excluding carboxylic acids is 1. The molecule has 0 aliphatic heterocycles. The third kappa shape index (κ3) is 4.10. The average Bonchev–Trinajstić information content (AvgIpc) is 3.00. The summed E-state index contributed by atoms with van der Waals surface area (Å²) in [6, 6.07) is 11.3. The van der Waals surface area contributed by atoms with Crippen molar-refractivity contribution in [3.05, 3.63) is 52.7 Å². The number of hydrogen-bond donors (Lipinski definition) is 0. The number of ketones is 1. The number of carbonyl (C=O) groups is 1. The van der Waals surface area contributed by atoms with Gasteiger partial charge in [0.1, 0.15) is 5.52 Å². The lowest BCUT2D eigenvalue weighted by Gasteiger charge is -2.20. The number of benzene rings is 1. The fraction of sp³-hybridized carbons (Fsp3) is 0.333. The minimum absolute atomic E-state index is 0.101. The molecule has 3 aromatic rings. The topological polar surface area (TPSA) is 43.1 Å². The number of fused-ring (bicyclic) bond motifs is 1. The molecule has 0 fully saturated rings. The van der Waals surface area contributed by atoms with Crippen LogP contribution in [0.3, 0.4) is 0 Å². The van der Waals surface area contributed by atoms with Crippen molar-refractivity contribution >= 4 is 28.5 Å². The van der Waals surface area contributed by atoms with E-state index >= 15 is 0 Å². The van der Waals surface area contributed by atoms with Crippen LogP contribution in [0.1, 0.15) is 57.7 Å². The summed E-state index contributed by atoms with van der Waals surface area (Å²) >= 11 is 5.96. The zero-order chi connectivity index (χ0) is 18.8. The molecule has 1 aromatic carbocycles. The maximum absolute atomic E-state index is 11.6. The Morgan fingerprint density at radius 1 is 1.08 bits per heavy atom. The summed E-state index contributed by atoms with van der Waals surface area (Å²) in [4.78, 5) is 16.3. The average molecular weight is 358 g/mol. The molecule has 0 N–H and O–H groups in total. The van der Waals surface area contributed by atoms with Crippen LogP contribution in [0.25, 0.3) is 22.4 Å². The van der Waals surface area contributed by atoms with E-state index in [9.17, 15) is 4.79 Å². The van der Waals surface area contributed by atoms with Gasteiger partial charge in [-0.25, -0.2) is 4.98 Å². The van der Waals surface area contributed by atoms with E-state index in [1.165, 1.54) is 6.92 Å². The monoisotopic (exact) mass is 357 g/mol. The molecule has 0 atom stereocenters. The summed E-state index contributed by atoms with van der Waals surface area (Å²) < 4.78 is 5.76. The van der Waals surface area contributed by atoms with Crippen LogP contribution in [0.5, 0.6) is 0 Å². The van der Waals surface area contributed by atoms with Crippen molar-refractivity contribution in [1.82, 2.24) is 4.98 Å². The van der Waals surface area contributed by atoms with Gasteiger partial charge in [-0.3, -0.25) is 4.79 Å². The number of pyridine rings is 1. The maximum atomic E-state index is 11.6. The molecular weight excluding hydrogens is 334 g/mol. The highest BCUT2D eigenvalue weighted by atomic mass is 35.5. The van der Waals surface area contributed by atoms with Gasteiger partial charge in [-0.1, -0.05) is 58.4 Å². The molecule has 4 heteroatoms. The van der Waals surface area contributed by atoms with Crippen LogP contribution in [0.4, 0.5) is 0 Å². The summed E-state index contributed by atoms with van der Waals surface area (Å²) in [6.07, 6.45) is 0. The van der Waals surface area contributed by atoms with E-state index in [1.54, 1.807) is 6.07 Å². The number of nitrogens with zero attached hydrogens (tertiary/aromatic N) is 1. The Bertz CT molecular complexity index is 887. The molecule has 0 saturated carbocycles. The molecule has 3 nitrogen and oxygen atoms in total. The Labute approximate surface area is 154 Å². The molecule has 132 valence electrons. The predicted octanol–water partition coefficient (Wildman–Crippen LogP) is 6.67. The van der Waals surface area contributed by atoms with E-state index in [4.69, 9.17) is 16.0 Å². The molecule has 0 bridgehead atoms. The van der Waals surface area contributed by atoms with Crippen LogP contribution in [-0.4, -0.2) is 10.8 Å². The van der Waals surface area contributed by atoms with Gasteiger partial charge in [0.15, 0.2) is 17.1 Å². The second-order valence-corrected chi connectivity index (χ2v) is 7.13. The van der Waals surface area contributed by atoms with Crippen molar-refractivity contribution in [3.8, 4) is 11.3 Å². The second kappa shape index (κ2) is 7.40. The van der Waals surface area contributed by atoms with Crippen LogP contribution in [0, 0.1) is 0 Å². The van der Waals surface area contributed by atoms with E-state index in [2.05, 4.69) is 25.8 Å². The summed E-state index contributed by atoms with van der Waals surface area (Å²) in [6.45, 7) is 11.8. The Kier molecular flexibility index (Phi) is 5.69. The highest BCUT2D eigenvalue weighted by molar-refractivity contribution is 6.30. The van der Waals surface area contributed by atoms with Gasteiger partial charge in [-0.15, -0.1) is 0 Å². The van der Waals surface area contributed by atoms with Gasteiger partial charge in [0.05, 0.1) is 5.69 Å². The summed E-state index contributed by atoms with van der Waals surface area (Å²) in [7, 11) is 0. The van der Waals surface area contributed by atoms with Gasteiger partial charge < -0.3 is 4.42 Å². The Morgan fingerprint density at radius 2 is 1.68 bits per heavy atom. The summed E-state index contributed by atoms with van der Waals surface area (Å²) in [5.41, 5.74) is 4.10. The number of Topliss-reactive ketones (excluding diaryl/α,β-unsaturated/α-hetero) is 1. The zero-order valence-electron chi connectivity index (χ0n) is 15.6. The molecule has 3 rings (SSSR count). The molecule has 0 radical (unpaired) electrons. The number of aromatic nitrogens is 1. The fourth-order valence-corrected chi connectivity index (χ4v) is 2.65. The quantitative estimate of drug-likeness (QED) is 0.480. The van der Waals surface area contributed by atoms with Crippen molar-refractivity contribution in [2.75, 3.05) is 0 Å². The predicted molar refractivity (Wildman–Crippen MR) is 105 cm³/mol. The first kappa shape index (κ1) is 19.2. The molecule has 2 heterocycles. The van der Waals surface area contributed by atoms with E-state index < -0.39 is 0 Å². The number of furan rings is 1. The Morgan fingerprint density at radius 3 is 2.20 bits per heavy atom. The maximum Gasteiger partial charge on any atom is 0.195 e. The molecule has 0 aliphatic rings. The van der Waals surface area contributed by atoms with Crippen molar-refractivity contribution in [2.45, 2.75) is 47.0 Å².